The molecule has 0 amide bonds. The molecular formula is C12H23NO3S. The molecule has 0 bridgehead atoms. The number of aliphatic hydroxyl groups is 1. The zero-order valence-corrected chi connectivity index (χ0v) is 11.9. The topological polar surface area (TPSA) is 58.6 Å². The second-order valence-corrected chi connectivity index (χ2v) is 6.26. The molecule has 0 aliphatic carbocycles. The number of ether oxygens (including phenoxy) is 1. The van der Waals surface area contributed by atoms with E-state index in [1.54, 1.807) is 18.7 Å². The largest absolute Gasteiger partial charge is 0.465 e. The molecule has 0 saturated carbocycles. The molecule has 1 saturated heterocycles. The molecule has 1 heterocycles. The summed E-state index contributed by atoms with van der Waals surface area (Å²) in [6.45, 7) is 8.01. The van der Waals surface area contributed by atoms with Crippen LogP contribution in [0.1, 0.15) is 40.5 Å². The number of hydrogen-bond acceptors (Lipinski definition) is 5. The minimum absolute atomic E-state index is 0.226. The number of hydrogen-bond donors (Lipinski definition) is 2. The van der Waals surface area contributed by atoms with E-state index in [1.807, 2.05) is 20.8 Å². The molecule has 0 aromatic heterocycles. The first-order valence-corrected chi connectivity index (χ1v) is 7.15. The average Bonchev–Trinajstić information content (AvgIpc) is 2.63. The van der Waals surface area contributed by atoms with Gasteiger partial charge in [-0.1, -0.05) is 13.3 Å². The number of esters is 1. The molecule has 1 aliphatic heterocycles. The lowest BCUT2D eigenvalue weighted by Gasteiger charge is -2.39. The van der Waals surface area contributed by atoms with Gasteiger partial charge in [-0.15, -0.1) is 11.8 Å². The van der Waals surface area contributed by atoms with Crippen molar-refractivity contribution in [3.05, 3.63) is 0 Å². The predicted molar refractivity (Wildman–Crippen MR) is 70.0 cm³/mol. The molecule has 4 nitrogen and oxygen atoms in total. The van der Waals surface area contributed by atoms with Crippen molar-refractivity contribution < 1.29 is 14.6 Å². The van der Waals surface area contributed by atoms with Crippen molar-refractivity contribution in [3.8, 4) is 0 Å². The molecule has 1 fully saturated rings. The lowest BCUT2D eigenvalue weighted by atomic mass is 9.91. The molecule has 2 unspecified atom stereocenters. The molecule has 17 heavy (non-hydrogen) atoms. The van der Waals surface area contributed by atoms with Crippen molar-refractivity contribution in [2.75, 3.05) is 12.4 Å². The Kier molecular flexibility index (Phi) is 4.86. The SMILES string of the molecule is CCCC(C)(O)C1(C)N[C@H](C(=O)OCC)CS1. The fourth-order valence-corrected chi connectivity index (χ4v) is 3.43. The van der Waals surface area contributed by atoms with Crippen LogP contribution in [0.2, 0.25) is 0 Å². The zero-order chi connectivity index (χ0) is 13.1. The van der Waals surface area contributed by atoms with Crippen molar-refractivity contribution in [3.63, 3.8) is 0 Å². The number of rotatable bonds is 5. The molecule has 2 N–H and O–H groups in total. The van der Waals surface area contributed by atoms with Crippen LogP contribution in [0.5, 0.6) is 0 Å². The molecule has 3 atom stereocenters. The summed E-state index contributed by atoms with van der Waals surface area (Å²) >= 11 is 1.59. The minimum Gasteiger partial charge on any atom is -0.465 e. The molecule has 0 aromatic carbocycles. The summed E-state index contributed by atoms with van der Waals surface area (Å²) in [6.07, 6.45) is 1.62. The lowest BCUT2D eigenvalue weighted by molar-refractivity contribution is -0.145. The summed E-state index contributed by atoms with van der Waals surface area (Å²) in [6, 6.07) is -0.312. The van der Waals surface area contributed by atoms with E-state index in [0.717, 1.165) is 6.42 Å². The Hall–Kier alpha value is -0.260. The van der Waals surface area contributed by atoms with Crippen molar-refractivity contribution in [1.29, 1.82) is 0 Å². The maximum absolute atomic E-state index is 11.6. The normalized spacial score (nSPS) is 32.2. The molecule has 100 valence electrons. The van der Waals surface area contributed by atoms with Crippen LogP contribution in [0.15, 0.2) is 0 Å². The van der Waals surface area contributed by atoms with E-state index in [4.69, 9.17) is 4.74 Å². The van der Waals surface area contributed by atoms with Crippen LogP contribution in [0, 0.1) is 0 Å². The number of carbonyl (C=O) groups excluding carboxylic acids is 1. The van der Waals surface area contributed by atoms with Gasteiger partial charge in [0, 0.05) is 5.75 Å². The van der Waals surface area contributed by atoms with E-state index in [2.05, 4.69) is 5.32 Å². The van der Waals surface area contributed by atoms with Gasteiger partial charge in [-0.25, -0.2) is 0 Å². The summed E-state index contributed by atoms with van der Waals surface area (Å²) in [5.74, 6) is 0.422. The predicted octanol–water partition coefficient (Wildman–Crippen LogP) is 1.52. The third-order valence-corrected chi connectivity index (χ3v) is 4.96. The Morgan fingerprint density at radius 2 is 2.29 bits per heavy atom. The third-order valence-electron chi connectivity index (χ3n) is 3.32. The zero-order valence-electron chi connectivity index (χ0n) is 11.1. The molecule has 0 aromatic rings. The van der Waals surface area contributed by atoms with E-state index in [9.17, 15) is 9.90 Å². The van der Waals surface area contributed by atoms with Gasteiger partial charge >= 0.3 is 5.97 Å². The van der Waals surface area contributed by atoms with Crippen molar-refractivity contribution in [1.82, 2.24) is 5.32 Å². The van der Waals surface area contributed by atoms with Crippen molar-refractivity contribution in [2.24, 2.45) is 0 Å². The first kappa shape index (κ1) is 14.8. The van der Waals surface area contributed by atoms with Crippen LogP contribution in [0.3, 0.4) is 0 Å². The van der Waals surface area contributed by atoms with E-state index in [1.165, 1.54) is 0 Å². The molecular weight excluding hydrogens is 238 g/mol. The highest BCUT2D eigenvalue weighted by atomic mass is 32.2. The summed E-state index contributed by atoms with van der Waals surface area (Å²) in [5.41, 5.74) is -0.826. The van der Waals surface area contributed by atoms with Gasteiger partial charge in [-0.3, -0.25) is 10.1 Å². The average molecular weight is 261 g/mol. The molecule has 0 spiro atoms. The van der Waals surface area contributed by atoms with Gasteiger partial charge in [0.25, 0.3) is 0 Å². The van der Waals surface area contributed by atoms with Gasteiger partial charge in [0.15, 0.2) is 0 Å². The van der Waals surface area contributed by atoms with Gasteiger partial charge in [-0.2, -0.15) is 0 Å². The van der Waals surface area contributed by atoms with E-state index in [0.29, 0.717) is 18.8 Å². The Morgan fingerprint density at radius 3 is 2.82 bits per heavy atom. The van der Waals surface area contributed by atoms with Crippen LogP contribution in [0.25, 0.3) is 0 Å². The summed E-state index contributed by atoms with van der Waals surface area (Å²) in [4.78, 5) is 11.2. The lowest BCUT2D eigenvalue weighted by Crippen LogP contribution is -2.57. The third kappa shape index (κ3) is 3.14. The van der Waals surface area contributed by atoms with Crippen LogP contribution in [-0.2, 0) is 9.53 Å². The fraction of sp³-hybridized carbons (Fsp3) is 0.917. The van der Waals surface area contributed by atoms with Gasteiger partial charge in [-0.05, 0) is 27.2 Å². The highest BCUT2D eigenvalue weighted by molar-refractivity contribution is 8.01. The Morgan fingerprint density at radius 1 is 1.65 bits per heavy atom. The van der Waals surface area contributed by atoms with Crippen molar-refractivity contribution >= 4 is 17.7 Å². The highest BCUT2D eigenvalue weighted by Gasteiger charge is 2.50. The first-order valence-electron chi connectivity index (χ1n) is 6.17. The number of thioether (sulfide) groups is 1. The van der Waals surface area contributed by atoms with E-state index in [-0.39, 0.29) is 12.0 Å². The second-order valence-electron chi connectivity index (χ2n) is 4.82. The minimum atomic E-state index is -0.826. The number of carbonyl (C=O) groups is 1. The quantitative estimate of drug-likeness (QED) is 0.735. The summed E-state index contributed by atoms with van der Waals surface area (Å²) in [7, 11) is 0. The highest BCUT2D eigenvalue weighted by Crippen LogP contribution is 2.41. The monoisotopic (exact) mass is 261 g/mol. The van der Waals surface area contributed by atoms with Gasteiger partial charge in [0.05, 0.1) is 17.1 Å². The van der Waals surface area contributed by atoms with Gasteiger partial charge < -0.3 is 9.84 Å². The Balaban J connectivity index is 2.67. The smallest absolute Gasteiger partial charge is 0.324 e. The summed E-state index contributed by atoms with van der Waals surface area (Å²) < 4.78 is 5.00. The second kappa shape index (κ2) is 5.59. The van der Waals surface area contributed by atoms with E-state index < -0.39 is 10.5 Å². The van der Waals surface area contributed by atoms with Gasteiger partial charge in [0.2, 0.25) is 0 Å². The Bertz CT molecular complexity index is 283. The number of nitrogens with one attached hydrogen (secondary N) is 1. The first-order chi connectivity index (χ1) is 7.86. The van der Waals surface area contributed by atoms with Crippen molar-refractivity contribution in [2.45, 2.75) is 57.1 Å². The summed E-state index contributed by atoms with van der Waals surface area (Å²) in [5, 5.41) is 13.7. The Labute approximate surface area is 107 Å². The van der Waals surface area contributed by atoms with Gasteiger partial charge in [0.1, 0.15) is 6.04 Å². The maximum atomic E-state index is 11.6. The van der Waals surface area contributed by atoms with Crippen LogP contribution in [0.4, 0.5) is 0 Å². The molecule has 0 radical (unpaired) electrons. The van der Waals surface area contributed by atoms with Crippen LogP contribution in [-0.4, -0.2) is 39.9 Å². The molecule has 1 rings (SSSR count). The fourth-order valence-electron chi connectivity index (χ4n) is 2.07. The molecule has 5 heteroatoms. The molecule has 1 aliphatic rings. The van der Waals surface area contributed by atoms with Crippen LogP contribution >= 0.6 is 11.8 Å². The standard InChI is InChI=1S/C12H23NO3S/c1-5-7-11(3,15)12(4)13-9(8-17-12)10(14)16-6-2/h9,13,15H,5-8H2,1-4H3/t9-,11?,12?/m0/s1. The van der Waals surface area contributed by atoms with E-state index >= 15 is 0 Å². The maximum Gasteiger partial charge on any atom is 0.324 e. The van der Waals surface area contributed by atoms with Crippen LogP contribution < -0.4 is 5.32 Å².